The van der Waals surface area contributed by atoms with E-state index in [9.17, 15) is 0 Å². The van der Waals surface area contributed by atoms with Crippen molar-refractivity contribution >= 4 is 34.7 Å². The second kappa shape index (κ2) is 6.57. The number of hydrogen-bond acceptors (Lipinski definition) is 4. The molecule has 2 aromatic rings. The number of rotatable bonds is 5. The summed E-state index contributed by atoms with van der Waals surface area (Å²) in [4.78, 5) is 7.00. The number of thiazole rings is 1. The molecule has 2 N–H and O–H groups in total. The normalized spacial score (nSPS) is 10.8. The van der Waals surface area contributed by atoms with Gasteiger partial charge in [-0.1, -0.05) is 24.6 Å². The lowest BCUT2D eigenvalue weighted by molar-refractivity contribution is 0.978. The fourth-order valence-corrected chi connectivity index (χ4v) is 3.87. The molecule has 18 heavy (non-hydrogen) atoms. The van der Waals surface area contributed by atoms with Gasteiger partial charge in [-0.25, -0.2) is 4.98 Å². The number of halogens is 1. The van der Waals surface area contributed by atoms with Crippen LogP contribution in [0.5, 0.6) is 0 Å². The van der Waals surface area contributed by atoms with Gasteiger partial charge in [0.25, 0.3) is 0 Å². The molecule has 2 rings (SSSR count). The van der Waals surface area contributed by atoms with E-state index in [4.69, 9.17) is 17.3 Å². The summed E-state index contributed by atoms with van der Waals surface area (Å²) in [6, 6.07) is 7.89. The predicted octanol–water partition coefficient (Wildman–Crippen LogP) is 4.11. The van der Waals surface area contributed by atoms with Gasteiger partial charge in [0.15, 0.2) is 0 Å². The molecular weight excluding hydrogens is 284 g/mol. The summed E-state index contributed by atoms with van der Waals surface area (Å²) in [6.07, 6.45) is 0.949. The van der Waals surface area contributed by atoms with E-state index in [1.807, 2.05) is 18.2 Å². The summed E-state index contributed by atoms with van der Waals surface area (Å²) >= 11 is 9.43. The molecule has 0 aliphatic carbocycles. The highest BCUT2D eigenvalue weighted by Gasteiger charge is 2.08. The molecular formula is C13H15ClN2S2. The number of aromatic nitrogens is 1. The van der Waals surface area contributed by atoms with Crippen molar-refractivity contribution < 1.29 is 0 Å². The smallest absolute Gasteiger partial charge is 0.103 e. The summed E-state index contributed by atoms with van der Waals surface area (Å²) in [5, 5.41) is 1.91. The fourth-order valence-electron chi connectivity index (χ4n) is 1.64. The van der Waals surface area contributed by atoms with E-state index in [0.29, 0.717) is 6.54 Å². The van der Waals surface area contributed by atoms with Crippen LogP contribution < -0.4 is 5.73 Å². The highest BCUT2D eigenvalue weighted by atomic mass is 35.5. The minimum atomic E-state index is 0.586. The molecule has 0 radical (unpaired) electrons. The van der Waals surface area contributed by atoms with Crippen LogP contribution in [0.3, 0.4) is 0 Å². The van der Waals surface area contributed by atoms with Gasteiger partial charge in [0.2, 0.25) is 0 Å². The molecule has 0 fully saturated rings. The van der Waals surface area contributed by atoms with Crippen molar-refractivity contribution in [3.63, 3.8) is 0 Å². The molecule has 0 aliphatic heterocycles. The first kappa shape index (κ1) is 13.9. The molecule has 0 bridgehead atoms. The molecule has 0 aliphatic rings. The Labute approximate surface area is 121 Å². The summed E-state index contributed by atoms with van der Waals surface area (Å²) < 4.78 is 0. The lowest BCUT2D eigenvalue weighted by Gasteiger charge is -1.99. The largest absolute Gasteiger partial charge is 0.326 e. The van der Waals surface area contributed by atoms with E-state index in [0.717, 1.165) is 27.9 Å². The molecule has 0 amide bonds. The Morgan fingerprint density at radius 2 is 2.28 bits per heavy atom. The van der Waals surface area contributed by atoms with Crippen molar-refractivity contribution in [3.8, 4) is 0 Å². The SMILES string of the molecule is CCc1nc(CSc2cccc(Cl)c2)sc1CN. The molecule has 1 aromatic heterocycles. The molecule has 96 valence electrons. The fraction of sp³-hybridized carbons (Fsp3) is 0.308. The van der Waals surface area contributed by atoms with Crippen LogP contribution in [0.1, 0.15) is 22.5 Å². The molecule has 0 saturated carbocycles. The third-order valence-electron chi connectivity index (χ3n) is 2.50. The second-order valence-corrected chi connectivity index (χ2v) is 6.43. The number of benzene rings is 1. The third kappa shape index (κ3) is 3.48. The van der Waals surface area contributed by atoms with E-state index in [1.165, 1.54) is 9.77 Å². The van der Waals surface area contributed by atoms with Crippen LogP contribution in [-0.4, -0.2) is 4.98 Å². The monoisotopic (exact) mass is 298 g/mol. The Bertz CT molecular complexity index is 504. The molecule has 0 saturated heterocycles. The van der Waals surface area contributed by atoms with Gasteiger partial charge in [-0.05, 0) is 24.6 Å². The molecule has 5 heteroatoms. The maximum absolute atomic E-state index is 5.96. The van der Waals surface area contributed by atoms with E-state index >= 15 is 0 Å². The summed E-state index contributed by atoms with van der Waals surface area (Å²) in [5.74, 6) is 0.873. The average molecular weight is 299 g/mol. The van der Waals surface area contributed by atoms with E-state index in [-0.39, 0.29) is 0 Å². The van der Waals surface area contributed by atoms with E-state index < -0.39 is 0 Å². The van der Waals surface area contributed by atoms with Crippen molar-refractivity contribution in [1.82, 2.24) is 4.98 Å². The summed E-state index contributed by atoms with van der Waals surface area (Å²) in [6.45, 7) is 2.70. The van der Waals surface area contributed by atoms with Gasteiger partial charge in [0.05, 0.1) is 11.4 Å². The Morgan fingerprint density at radius 3 is 2.89 bits per heavy atom. The maximum Gasteiger partial charge on any atom is 0.103 e. The summed E-state index contributed by atoms with van der Waals surface area (Å²) in [7, 11) is 0. The highest BCUT2D eigenvalue weighted by Crippen LogP contribution is 2.28. The van der Waals surface area contributed by atoms with Crippen LogP contribution in [0.2, 0.25) is 5.02 Å². The molecule has 1 aromatic carbocycles. The van der Waals surface area contributed by atoms with Crippen LogP contribution >= 0.6 is 34.7 Å². The molecule has 2 nitrogen and oxygen atoms in total. The number of aryl methyl sites for hydroxylation is 1. The number of nitrogens with zero attached hydrogens (tertiary/aromatic N) is 1. The Morgan fingerprint density at radius 1 is 1.44 bits per heavy atom. The standard InChI is InChI=1S/C13H15ClN2S2/c1-2-11-12(7-15)18-13(16-11)8-17-10-5-3-4-9(14)6-10/h3-6H,2,7-8,15H2,1H3. The Hall–Kier alpha value is -0.550. The zero-order valence-electron chi connectivity index (χ0n) is 10.1. The van der Waals surface area contributed by atoms with Gasteiger partial charge in [-0.3, -0.25) is 0 Å². The first-order chi connectivity index (χ1) is 8.72. The van der Waals surface area contributed by atoms with Crippen LogP contribution in [0.15, 0.2) is 29.2 Å². The third-order valence-corrected chi connectivity index (χ3v) is 5.04. The zero-order chi connectivity index (χ0) is 13.0. The Kier molecular flexibility index (Phi) is 5.06. The van der Waals surface area contributed by atoms with Crippen LogP contribution in [0, 0.1) is 0 Å². The quantitative estimate of drug-likeness (QED) is 0.844. The predicted molar refractivity (Wildman–Crippen MR) is 80.4 cm³/mol. The second-order valence-electron chi connectivity index (χ2n) is 3.78. The van der Waals surface area contributed by atoms with Gasteiger partial charge in [0, 0.05) is 21.3 Å². The first-order valence-corrected chi connectivity index (χ1v) is 7.96. The van der Waals surface area contributed by atoms with Gasteiger partial charge in [-0.2, -0.15) is 0 Å². The minimum Gasteiger partial charge on any atom is -0.326 e. The molecule has 0 atom stereocenters. The van der Waals surface area contributed by atoms with Crippen LogP contribution in [0.25, 0.3) is 0 Å². The number of thioether (sulfide) groups is 1. The van der Waals surface area contributed by atoms with E-state index in [1.54, 1.807) is 23.1 Å². The van der Waals surface area contributed by atoms with Crippen LogP contribution in [0.4, 0.5) is 0 Å². The zero-order valence-corrected chi connectivity index (χ0v) is 12.5. The van der Waals surface area contributed by atoms with Crippen molar-refractivity contribution in [2.24, 2.45) is 5.73 Å². The van der Waals surface area contributed by atoms with Crippen LogP contribution in [-0.2, 0) is 18.7 Å². The van der Waals surface area contributed by atoms with Gasteiger partial charge in [0.1, 0.15) is 5.01 Å². The van der Waals surface area contributed by atoms with Crippen molar-refractivity contribution in [1.29, 1.82) is 0 Å². The number of nitrogens with two attached hydrogens (primary N) is 1. The van der Waals surface area contributed by atoms with Gasteiger partial charge < -0.3 is 5.73 Å². The van der Waals surface area contributed by atoms with Gasteiger partial charge in [-0.15, -0.1) is 23.1 Å². The van der Waals surface area contributed by atoms with E-state index in [2.05, 4.69) is 18.0 Å². The molecule has 0 spiro atoms. The molecule has 0 unspecified atom stereocenters. The highest BCUT2D eigenvalue weighted by molar-refractivity contribution is 7.98. The number of hydrogen-bond donors (Lipinski definition) is 1. The summed E-state index contributed by atoms with van der Waals surface area (Å²) in [5.41, 5.74) is 6.86. The van der Waals surface area contributed by atoms with Crippen molar-refractivity contribution in [2.75, 3.05) is 0 Å². The Balaban J connectivity index is 2.04. The van der Waals surface area contributed by atoms with Crippen molar-refractivity contribution in [2.45, 2.75) is 30.5 Å². The van der Waals surface area contributed by atoms with Gasteiger partial charge >= 0.3 is 0 Å². The lowest BCUT2D eigenvalue weighted by atomic mass is 10.3. The lowest BCUT2D eigenvalue weighted by Crippen LogP contribution is -1.96. The topological polar surface area (TPSA) is 38.9 Å². The van der Waals surface area contributed by atoms with Crippen molar-refractivity contribution in [3.05, 3.63) is 44.9 Å². The molecule has 1 heterocycles. The minimum absolute atomic E-state index is 0.586. The maximum atomic E-state index is 5.96. The average Bonchev–Trinajstić information content (AvgIpc) is 2.79. The first-order valence-electron chi connectivity index (χ1n) is 5.78.